The molecule has 1 heteroatoms. The van der Waals surface area contributed by atoms with Gasteiger partial charge in [-0.25, -0.2) is 0 Å². The number of hydrogen-bond donors (Lipinski definition) is 0. The molecule has 0 saturated heterocycles. The van der Waals surface area contributed by atoms with Crippen molar-refractivity contribution in [2.75, 3.05) is 0 Å². The molecular weight excluding hydrogens is 184 g/mol. The van der Waals surface area contributed by atoms with Crippen LogP contribution in [0.25, 0.3) is 6.08 Å². The van der Waals surface area contributed by atoms with Crippen molar-refractivity contribution in [3.8, 4) is 5.75 Å². The average Bonchev–Trinajstić information content (AvgIpc) is 2.26. The molecule has 15 heavy (non-hydrogen) atoms. The Labute approximate surface area is 92.8 Å². The third-order valence-corrected chi connectivity index (χ3v) is 2.55. The maximum Gasteiger partial charge on any atom is 0.119 e. The fraction of sp³-hybridized carbons (Fsp3) is 0.429. The van der Waals surface area contributed by atoms with Gasteiger partial charge in [0.15, 0.2) is 0 Å². The van der Waals surface area contributed by atoms with Gasteiger partial charge in [-0.3, -0.25) is 0 Å². The first-order valence-electron chi connectivity index (χ1n) is 5.56. The third-order valence-electron chi connectivity index (χ3n) is 2.55. The number of hydrogen-bond acceptors (Lipinski definition) is 1. The van der Waals surface area contributed by atoms with Crippen LogP contribution in [-0.4, -0.2) is 6.10 Å². The molecule has 1 nitrogen and oxygen atoms in total. The van der Waals surface area contributed by atoms with E-state index in [0.717, 1.165) is 17.7 Å². The smallest absolute Gasteiger partial charge is 0.119 e. The summed E-state index contributed by atoms with van der Waals surface area (Å²) in [6, 6.07) is 8.05. The highest BCUT2D eigenvalue weighted by Crippen LogP contribution is 2.18. The Kier molecular flexibility index (Phi) is 4.41. The highest BCUT2D eigenvalue weighted by molar-refractivity contribution is 5.48. The zero-order valence-electron chi connectivity index (χ0n) is 9.86. The lowest BCUT2D eigenvalue weighted by Crippen LogP contribution is -2.21. The second-order valence-electron chi connectivity index (χ2n) is 4.08. The van der Waals surface area contributed by atoms with Crippen LogP contribution in [0.4, 0.5) is 0 Å². The Bertz CT molecular complexity index is 298. The summed E-state index contributed by atoms with van der Waals surface area (Å²) in [6.07, 6.45) is 3.18. The Morgan fingerprint density at radius 2 is 1.87 bits per heavy atom. The Morgan fingerprint density at radius 1 is 1.27 bits per heavy atom. The quantitative estimate of drug-likeness (QED) is 0.700. The van der Waals surface area contributed by atoms with E-state index < -0.39 is 0 Å². The summed E-state index contributed by atoms with van der Waals surface area (Å²) in [5.41, 5.74) is 1.12. The SMILES string of the molecule is C=Cc1ccc(OC(CC)C(C)C)cc1. The molecule has 1 aromatic carbocycles. The summed E-state index contributed by atoms with van der Waals surface area (Å²) in [5, 5.41) is 0. The summed E-state index contributed by atoms with van der Waals surface area (Å²) in [6.45, 7) is 10.3. The van der Waals surface area contributed by atoms with E-state index in [9.17, 15) is 0 Å². The van der Waals surface area contributed by atoms with E-state index in [1.807, 2.05) is 30.3 Å². The van der Waals surface area contributed by atoms with E-state index in [-0.39, 0.29) is 0 Å². The molecule has 1 unspecified atom stereocenters. The first-order chi connectivity index (χ1) is 7.17. The topological polar surface area (TPSA) is 9.23 Å². The van der Waals surface area contributed by atoms with Crippen LogP contribution in [-0.2, 0) is 0 Å². The standard InChI is InChI=1S/C14H20O/c1-5-12-7-9-13(10-8-12)15-14(6-2)11(3)4/h5,7-11,14H,1,6H2,2-4H3. The van der Waals surface area contributed by atoms with E-state index in [1.165, 1.54) is 0 Å². The predicted octanol–water partition coefficient (Wildman–Crippen LogP) is 4.14. The number of benzene rings is 1. The molecule has 0 saturated carbocycles. The average molecular weight is 204 g/mol. The Hall–Kier alpha value is -1.24. The van der Waals surface area contributed by atoms with Gasteiger partial charge in [0, 0.05) is 0 Å². The molecule has 82 valence electrons. The highest BCUT2D eigenvalue weighted by Gasteiger charge is 2.12. The summed E-state index contributed by atoms with van der Waals surface area (Å²) in [4.78, 5) is 0. The maximum absolute atomic E-state index is 5.89. The normalized spacial score (nSPS) is 12.5. The van der Waals surface area contributed by atoms with Crippen molar-refractivity contribution in [3.05, 3.63) is 36.4 Å². The van der Waals surface area contributed by atoms with E-state index in [2.05, 4.69) is 27.4 Å². The van der Waals surface area contributed by atoms with Gasteiger partial charge in [-0.15, -0.1) is 0 Å². The Balaban J connectivity index is 2.67. The molecule has 0 N–H and O–H groups in total. The van der Waals surface area contributed by atoms with Gasteiger partial charge < -0.3 is 4.74 Å². The number of ether oxygens (including phenoxy) is 1. The molecule has 0 aromatic heterocycles. The lowest BCUT2D eigenvalue weighted by atomic mass is 10.1. The van der Waals surface area contributed by atoms with Crippen molar-refractivity contribution in [2.45, 2.75) is 33.3 Å². The van der Waals surface area contributed by atoms with Gasteiger partial charge in [0.2, 0.25) is 0 Å². The minimum absolute atomic E-state index is 0.305. The molecule has 1 rings (SSSR count). The molecule has 0 fully saturated rings. The van der Waals surface area contributed by atoms with Gasteiger partial charge in [-0.05, 0) is 30.0 Å². The number of rotatable bonds is 5. The lowest BCUT2D eigenvalue weighted by Gasteiger charge is -2.21. The van der Waals surface area contributed by atoms with Crippen molar-refractivity contribution < 1.29 is 4.74 Å². The van der Waals surface area contributed by atoms with Crippen LogP contribution < -0.4 is 4.74 Å². The monoisotopic (exact) mass is 204 g/mol. The van der Waals surface area contributed by atoms with Gasteiger partial charge in [0.25, 0.3) is 0 Å². The summed E-state index contributed by atoms with van der Waals surface area (Å²) >= 11 is 0. The molecule has 0 spiro atoms. The minimum atomic E-state index is 0.305. The maximum atomic E-state index is 5.89. The predicted molar refractivity (Wildman–Crippen MR) is 66.1 cm³/mol. The van der Waals surface area contributed by atoms with E-state index in [1.54, 1.807) is 0 Å². The zero-order valence-corrected chi connectivity index (χ0v) is 9.86. The molecule has 0 aliphatic carbocycles. The molecular formula is C14H20O. The van der Waals surface area contributed by atoms with Crippen LogP contribution >= 0.6 is 0 Å². The van der Waals surface area contributed by atoms with Crippen molar-refractivity contribution in [1.29, 1.82) is 0 Å². The van der Waals surface area contributed by atoms with E-state index in [0.29, 0.717) is 12.0 Å². The molecule has 0 bridgehead atoms. The summed E-state index contributed by atoms with van der Waals surface area (Å²) in [5.74, 6) is 1.50. The Morgan fingerprint density at radius 3 is 2.27 bits per heavy atom. The molecule has 0 heterocycles. The second kappa shape index (κ2) is 5.59. The largest absolute Gasteiger partial charge is 0.490 e. The first-order valence-corrected chi connectivity index (χ1v) is 5.56. The molecule has 1 aromatic rings. The van der Waals surface area contributed by atoms with Crippen LogP contribution in [0.1, 0.15) is 32.8 Å². The van der Waals surface area contributed by atoms with Gasteiger partial charge >= 0.3 is 0 Å². The van der Waals surface area contributed by atoms with Gasteiger partial charge in [0.05, 0.1) is 0 Å². The highest BCUT2D eigenvalue weighted by atomic mass is 16.5. The van der Waals surface area contributed by atoms with Crippen LogP contribution in [0.15, 0.2) is 30.8 Å². The zero-order chi connectivity index (χ0) is 11.3. The third kappa shape index (κ3) is 3.43. The molecule has 1 atom stereocenters. The van der Waals surface area contributed by atoms with Crippen LogP contribution in [0.2, 0.25) is 0 Å². The summed E-state index contributed by atoms with van der Waals surface area (Å²) in [7, 11) is 0. The van der Waals surface area contributed by atoms with Crippen LogP contribution in [0.3, 0.4) is 0 Å². The van der Waals surface area contributed by atoms with Crippen molar-refractivity contribution in [3.63, 3.8) is 0 Å². The van der Waals surface area contributed by atoms with Gasteiger partial charge in [-0.1, -0.05) is 45.6 Å². The first kappa shape index (κ1) is 11.8. The second-order valence-corrected chi connectivity index (χ2v) is 4.08. The van der Waals surface area contributed by atoms with E-state index in [4.69, 9.17) is 4.74 Å². The van der Waals surface area contributed by atoms with Crippen LogP contribution in [0.5, 0.6) is 5.75 Å². The molecule has 0 aliphatic rings. The fourth-order valence-electron chi connectivity index (χ4n) is 1.55. The molecule has 0 aliphatic heterocycles. The van der Waals surface area contributed by atoms with Crippen LogP contribution in [0, 0.1) is 5.92 Å². The lowest BCUT2D eigenvalue weighted by molar-refractivity contribution is 0.147. The summed E-state index contributed by atoms with van der Waals surface area (Å²) < 4.78 is 5.89. The van der Waals surface area contributed by atoms with Gasteiger partial charge in [-0.2, -0.15) is 0 Å². The molecule has 0 radical (unpaired) electrons. The van der Waals surface area contributed by atoms with Gasteiger partial charge in [0.1, 0.15) is 11.9 Å². The van der Waals surface area contributed by atoms with E-state index >= 15 is 0 Å². The van der Waals surface area contributed by atoms with Crippen molar-refractivity contribution in [2.24, 2.45) is 5.92 Å². The van der Waals surface area contributed by atoms with Crippen molar-refractivity contribution in [1.82, 2.24) is 0 Å². The fourth-order valence-corrected chi connectivity index (χ4v) is 1.55. The van der Waals surface area contributed by atoms with Crippen molar-refractivity contribution >= 4 is 6.08 Å². The minimum Gasteiger partial charge on any atom is -0.490 e. The molecule has 0 amide bonds.